The van der Waals surface area contributed by atoms with Gasteiger partial charge in [-0.05, 0) is 43.7 Å². The molecule has 2 heterocycles. The molecule has 4 rings (SSSR count). The number of hydrogen-bond acceptors (Lipinski definition) is 8. The number of anilines is 1. The van der Waals surface area contributed by atoms with Gasteiger partial charge in [0, 0.05) is 11.9 Å². The first-order valence-corrected chi connectivity index (χ1v) is 11.5. The Morgan fingerprint density at radius 2 is 1.88 bits per heavy atom. The Bertz CT molecular complexity index is 1420. The Hall–Kier alpha value is -3.85. The first-order valence-electron chi connectivity index (χ1n) is 10.7. The molecule has 0 aliphatic carbocycles. The molecule has 0 bridgehead atoms. The number of carbonyl (C=O) groups excluding carboxylic acids is 1. The predicted molar refractivity (Wildman–Crippen MR) is 131 cm³/mol. The molecule has 0 radical (unpaired) electrons. The highest BCUT2D eigenvalue weighted by Gasteiger charge is 2.33. The number of nitrogens with one attached hydrogen (secondary N) is 1. The van der Waals surface area contributed by atoms with E-state index < -0.39 is 12.0 Å². The van der Waals surface area contributed by atoms with Crippen LogP contribution in [0.25, 0.3) is 6.20 Å². The van der Waals surface area contributed by atoms with Crippen LogP contribution in [0.5, 0.6) is 11.5 Å². The fourth-order valence-corrected chi connectivity index (χ4v) is 4.78. The third kappa shape index (κ3) is 4.34. The third-order valence-corrected chi connectivity index (χ3v) is 6.37. The lowest BCUT2D eigenvalue weighted by atomic mass is 9.95. The van der Waals surface area contributed by atoms with Crippen molar-refractivity contribution >= 4 is 29.2 Å². The number of nitrogens with zero attached hydrogens (tertiary/aromatic N) is 2. The number of rotatable bonds is 7. The highest BCUT2D eigenvalue weighted by atomic mass is 32.1. The average molecular weight is 480 g/mol. The molecule has 0 amide bonds. The normalized spacial score (nSPS) is 15.4. The van der Waals surface area contributed by atoms with E-state index in [1.54, 1.807) is 39.3 Å². The van der Waals surface area contributed by atoms with Crippen molar-refractivity contribution in [2.24, 2.45) is 4.99 Å². The van der Waals surface area contributed by atoms with E-state index in [4.69, 9.17) is 14.2 Å². The van der Waals surface area contributed by atoms with E-state index in [9.17, 15) is 9.59 Å². The van der Waals surface area contributed by atoms with Crippen LogP contribution in [0.3, 0.4) is 0 Å². The number of methoxy groups -OCH3 is 2. The number of allylic oxidation sites excluding steroid dienone is 1. The van der Waals surface area contributed by atoms with Gasteiger partial charge in [0.25, 0.3) is 5.56 Å². The molecule has 0 fully saturated rings. The smallest absolute Gasteiger partial charge is 0.338 e. The quantitative estimate of drug-likeness (QED) is 0.524. The molecule has 9 heteroatoms. The van der Waals surface area contributed by atoms with Gasteiger partial charge >= 0.3 is 5.97 Å². The number of ether oxygens (including phenoxy) is 3. The molecule has 1 aliphatic heterocycles. The van der Waals surface area contributed by atoms with Crippen LogP contribution in [0.2, 0.25) is 0 Å². The highest BCUT2D eigenvalue weighted by Crippen LogP contribution is 2.36. The first-order chi connectivity index (χ1) is 16.5. The fourth-order valence-electron chi connectivity index (χ4n) is 3.81. The van der Waals surface area contributed by atoms with Crippen molar-refractivity contribution in [1.82, 2.24) is 4.57 Å². The molecular formula is C25H25N3O5S. The molecule has 1 N–H and O–H groups in total. The Morgan fingerprint density at radius 3 is 2.56 bits per heavy atom. The fraction of sp³-hybridized carbons (Fsp3) is 0.240. The average Bonchev–Trinajstić information content (AvgIpc) is 3.16. The highest BCUT2D eigenvalue weighted by molar-refractivity contribution is 7.07. The lowest BCUT2D eigenvalue weighted by Crippen LogP contribution is -2.40. The summed E-state index contributed by atoms with van der Waals surface area (Å²) in [5.41, 5.74) is 2.08. The number of hydrogen-bond donors (Lipinski definition) is 1. The minimum Gasteiger partial charge on any atom is -0.493 e. The predicted octanol–water partition coefficient (Wildman–Crippen LogP) is 2.84. The molecule has 1 atom stereocenters. The van der Waals surface area contributed by atoms with E-state index in [0.717, 1.165) is 5.69 Å². The number of benzene rings is 2. The summed E-state index contributed by atoms with van der Waals surface area (Å²) in [5, 5.41) is 3.15. The van der Waals surface area contributed by atoms with Gasteiger partial charge in [0.15, 0.2) is 16.3 Å². The summed E-state index contributed by atoms with van der Waals surface area (Å²) in [5.74, 6) is 0.523. The van der Waals surface area contributed by atoms with Crippen LogP contribution in [0, 0.1) is 0 Å². The molecule has 8 nitrogen and oxygen atoms in total. The lowest BCUT2D eigenvalue weighted by molar-refractivity contribution is -0.139. The van der Waals surface area contributed by atoms with E-state index in [0.29, 0.717) is 37.7 Å². The number of carbonyl (C=O) groups is 1. The maximum atomic E-state index is 13.5. The monoisotopic (exact) mass is 479 g/mol. The van der Waals surface area contributed by atoms with Crippen molar-refractivity contribution in [1.29, 1.82) is 0 Å². The minimum atomic E-state index is -0.728. The van der Waals surface area contributed by atoms with Crippen molar-refractivity contribution in [3.63, 3.8) is 0 Å². The number of aromatic nitrogens is 1. The van der Waals surface area contributed by atoms with E-state index in [1.165, 1.54) is 23.0 Å². The van der Waals surface area contributed by atoms with Crippen LogP contribution in [-0.4, -0.2) is 31.4 Å². The van der Waals surface area contributed by atoms with Gasteiger partial charge in [-0.2, -0.15) is 0 Å². The summed E-state index contributed by atoms with van der Waals surface area (Å²) in [7, 11) is 3.09. The summed E-state index contributed by atoms with van der Waals surface area (Å²) in [4.78, 5) is 31.6. The van der Waals surface area contributed by atoms with Gasteiger partial charge in [-0.3, -0.25) is 9.36 Å². The molecule has 1 aromatic heterocycles. The van der Waals surface area contributed by atoms with Crippen LogP contribution in [0.15, 0.2) is 69.6 Å². The Morgan fingerprint density at radius 1 is 1.15 bits per heavy atom. The first kappa shape index (κ1) is 23.3. The molecule has 1 aliphatic rings. The van der Waals surface area contributed by atoms with Gasteiger partial charge in [-0.15, -0.1) is 0 Å². The van der Waals surface area contributed by atoms with Crippen LogP contribution in [0.4, 0.5) is 5.69 Å². The molecule has 0 saturated carbocycles. The van der Waals surface area contributed by atoms with Crippen molar-refractivity contribution in [2.75, 3.05) is 26.1 Å². The zero-order valence-corrected chi connectivity index (χ0v) is 20.1. The zero-order chi connectivity index (χ0) is 24.2. The standard InChI is InChI=1S/C25H25N3O5S/c1-5-33-24(30)21-15(2)27-25-28(22(21)16-11-12-18(31-3)19(13-16)32-4)23(29)20(34-25)14-26-17-9-7-6-8-10-17/h6-14,22,26H,5H2,1-4H3/b20-14-/t22-/m1/s1. The lowest BCUT2D eigenvalue weighted by Gasteiger charge is -2.25. The van der Waals surface area contributed by atoms with Crippen LogP contribution >= 0.6 is 11.3 Å². The van der Waals surface area contributed by atoms with E-state index in [1.807, 2.05) is 36.4 Å². The second-order valence-electron chi connectivity index (χ2n) is 7.43. The van der Waals surface area contributed by atoms with Crippen molar-refractivity contribution in [3.05, 3.63) is 85.1 Å². The number of para-hydroxylation sites is 1. The molecule has 176 valence electrons. The Kier molecular flexibility index (Phi) is 6.83. The second-order valence-corrected chi connectivity index (χ2v) is 8.44. The largest absolute Gasteiger partial charge is 0.493 e. The minimum absolute atomic E-state index is 0.208. The van der Waals surface area contributed by atoms with Gasteiger partial charge in [-0.25, -0.2) is 9.79 Å². The molecule has 0 saturated heterocycles. The van der Waals surface area contributed by atoms with E-state index in [2.05, 4.69) is 10.3 Å². The summed E-state index contributed by atoms with van der Waals surface area (Å²) in [6.07, 6.45) is 1.66. The molecule has 0 spiro atoms. The van der Waals surface area contributed by atoms with E-state index >= 15 is 0 Å². The van der Waals surface area contributed by atoms with Crippen molar-refractivity contribution < 1.29 is 19.0 Å². The summed E-state index contributed by atoms with van der Waals surface area (Å²) in [6.45, 7) is 3.70. The number of esters is 1. The van der Waals surface area contributed by atoms with Crippen LogP contribution in [-0.2, 0) is 9.53 Å². The van der Waals surface area contributed by atoms with Crippen molar-refractivity contribution in [2.45, 2.75) is 19.9 Å². The molecule has 0 unspecified atom stereocenters. The molecular weight excluding hydrogens is 454 g/mol. The number of fused-ring (bicyclic) bond motifs is 1. The summed E-state index contributed by atoms with van der Waals surface area (Å²) < 4.78 is 18.1. The molecule has 2 aromatic carbocycles. The van der Waals surface area contributed by atoms with Crippen LogP contribution in [0.1, 0.15) is 25.5 Å². The van der Waals surface area contributed by atoms with Gasteiger partial charge in [0.1, 0.15) is 4.53 Å². The number of thiazole rings is 1. The topological polar surface area (TPSA) is 91.2 Å². The molecule has 34 heavy (non-hydrogen) atoms. The Balaban J connectivity index is 1.90. The third-order valence-electron chi connectivity index (χ3n) is 5.38. The summed E-state index contributed by atoms with van der Waals surface area (Å²) >= 11 is 1.25. The molecule has 3 aromatic rings. The van der Waals surface area contributed by atoms with Gasteiger partial charge in [-0.1, -0.05) is 35.6 Å². The Labute approximate surface area is 200 Å². The van der Waals surface area contributed by atoms with Crippen LogP contribution < -0.4 is 29.7 Å². The summed E-state index contributed by atoms with van der Waals surface area (Å²) in [6, 6.07) is 14.1. The van der Waals surface area contributed by atoms with Gasteiger partial charge in [0.05, 0.1) is 38.1 Å². The van der Waals surface area contributed by atoms with Gasteiger partial charge < -0.3 is 19.5 Å². The second kappa shape index (κ2) is 9.96. The maximum Gasteiger partial charge on any atom is 0.338 e. The maximum absolute atomic E-state index is 13.5. The van der Waals surface area contributed by atoms with Gasteiger partial charge in [0.2, 0.25) is 0 Å². The SMILES string of the molecule is CCOC(=O)C1=C(C)N=c2s/c(=C\Nc3ccccc3)c(=O)n2[C@@H]1c1ccc(OC)c(OC)c1. The van der Waals surface area contributed by atoms with Crippen molar-refractivity contribution in [3.8, 4) is 11.5 Å². The zero-order valence-electron chi connectivity index (χ0n) is 19.3. The van der Waals surface area contributed by atoms with E-state index in [-0.39, 0.29) is 12.2 Å².